The molecular weight excluding hydrogens is 274 g/mol. The minimum atomic E-state index is -0.359. The summed E-state index contributed by atoms with van der Waals surface area (Å²) in [7, 11) is 0. The number of amides is 1. The van der Waals surface area contributed by atoms with Gasteiger partial charge in [0, 0.05) is 36.3 Å². The average Bonchev–Trinajstić information content (AvgIpc) is 2.95. The zero-order valence-corrected chi connectivity index (χ0v) is 13.1. The number of carbonyl (C=O) groups excluding carboxylic acids is 1. The molecule has 2 unspecified atom stereocenters. The second kappa shape index (κ2) is 6.20. The lowest BCUT2D eigenvalue weighted by Gasteiger charge is -2.14. The van der Waals surface area contributed by atoms with Crippen LogP contribution in [0.25, 0.3) is 0 Å². The molecule has 0 saturated carbocycles. The van der Waals surface area contributed by atoms with Crippen molar-refractivity contribution < 1.29 is 9.90 Å². The summed E-state index contributed by atoms with van der Waals surface area (Å²) in [6.45, 7) is 8.23. The molecular formula is C14H23N3O2S. The highest BCUT2D eigenvalue weighted by Gasteiger charge is 2.25. The third kappa shape index (κ3) is 4.01. The minimum absolute atomic E-state index is 0.0268. The van der Waals surface area contributed by atoms with Crippen molar-refractivity contribution in [3.8, 4) is 0 Å². The summed E-state index contributed by atoms with van der Waals surface area (Å²) < 4.78 is 0. The van der Waals surface area contributed by atoms with Gasteiger partial charge >= 0.3 is 0 Å². The molecule has 3 N–H and O–H groups in total. The highest BCUT2D eigenvalue weighted by molar-refractivity contribution is 7.09. The third-order valence-electron chi connectivity index (χ3n) is 3.40. The Balaban J connectivity index is 1.81. The molecule has 1 amide bonds. The van der Waals surface area contributed by atoms with Crippen LogP contribution in [0.1, 0.15) is 31.5 Å². The maximum absolute atomic E-state index is 11.9. The van der Waals surface area contributed by atoms with Crippen LogP contribution in [-0.4, -0.2) is 41.7 Å². The van der Waals surface area contributed by atoms with E-state index in [1.165, 1.54) is 0 Å². The van der Waals surface area contributed by atoms with E-state index in [2.05, 4.69) is 36.4 Å². The molecule has 0 aromatic carbocycles. The lowest BCUT2D eigenvalue weighted by molar-refractivity contribution is -0.120. The summed E-state index contributed by atoms with van der Waals surface area (Å²) in [4.78, 5) is 16.4. The summed E-state index contributed by atoms with van der Waals surface area (Å²) in [6, 6.07) is 0. The largest absolute Gasteiger partial charge is 0.391 e. The van der Waals surface area contributed by atoms with E-state index in [4.69, 9.17) is 0 Å². The fourth-order valence-corrected chi connectivity index (χ4v) is 3.04. The normalized spacial score (nSPS) is 23.0. The van der Waals surface area contributed by atoms with Gasteiger partial charge in [-0.3, -0.25) is 4.79 Å². The zero-order chi connectivity index (χ0) is 14.8. The predicted octanol–water partition coefficient (Wildman–Crippen LogP) is 0.680. The van der Waals surface area contributed by atoms with E-state index in [1.54, 1.807) is 11.3 Å². The fraction of sp³-hybridized carbons (Fsp3) is 0.714. The van der Waals surface area contributed by atoms with Gasteiger partial charge in [0.1, 0.15) is 0 Å². The Bertz CT molecular complexity index is 467. The molecule has 0 bridgehead atoms. The van der Waals surface area contributed by atoms with E-state index in [1.807, 2.05) is 5.38 Å². The Kier molecular flexibility index (Phi) is 4.78. The van der Waals surface area contributed by atoms with Crippen molar-refractivity contribution in [2.75, 3.05) is 19.6 Å². The molecule has 2 rings (SSSR count). The van der Waals surface area contributed by atoms with E-state index in [-0.39, 0.29) is 23.3 Å². The number of thiazole rings is 1. The van der Waals surface area contributed by atoms with Crippen LogP contribution in [0.2, 0.25) is 0 Å². The van der Waals surface area contributed by atoms with Gasteiger partial charge in [0.25, 0.3) is 0 Å². The van der Waals surface area contributed by atoms with Crippen molar-refractivity contribution in [2.45, 2.75) is 38.7 Å². The monoisotopic (exact) mass is 297 g/mol. The molecule has 1 aliphatic rings. The van der Waals surface area contributed by atoms with E-state index in [9.17, 15) is 9.90 Å². The van der Waals surface area contributed by atoms with Crippen molar-refractivity contribution in [2.24, 2.45) is 5.92 Å². The van der Waals surface area contributed by atoms with Crippen molar-refractivity contribution in [1.29, 1.82) is 0 Å². The number of hydrogen-bond acceptors (Lipinski definition) is 5. The number of carbonyl (C=O) groups is 1. The first-order valence-corrected chi connectivity index (χ1v) is 7.84. The standard InChI is InChI=1S/C14H23N3O2S/c1-14(2,3)13-17-10(8-20-13)4-12(19)16-6-9-5-15-7-11(9)18/h8-9,11,15,18H,4-7H2,1-3H3,(H,16,19). The van der Waals surface area contributed by atoms with E-state index >= 15 is 0 Å². The van der Waals surface area contributed by atoms with Crippen LogP contribution < -0.4 is 10.6 Å². The number of aliphatic hydroxyl groups excluding tert-OH is 1. The molecule has 6 heteroatoms. The van der Waals surface area contributed by atoms with Crippen molar-refractivity contribution in [3.05, 3.63) is 16.1 Å². The molecule has 0 spiro atoms. The molecule has 1 aromatic rings. The van der Waals surface area contributed by atoms with Gasteiger partial charge in [0.2, 0.25) is 5.91 Å². The molecule has 20 heavy (non-hydrogen) atoms. The van der Waals surface area contributed by atoms with Gasteiger partial charge in [-0.25, -0.2) is 4.98 Å². The molecule has 1 saturated heterocycles. The molecule has 2 atom stereocenters. The first-order chi connectivity index (χ1) is 9.36. The maximum Gasteiger partial charge on any atom is 0.226 e. The Morgan fingerprint density at radius 2 is 2.30 bits per heavy atom. The van der Waals surface area contributed by atoms with Gasteiger partial charge in [0.05, 0.1) is 23.2 Å². The molecule has 112 valence electrons. The van der Waals surface area contributed by atoms with Crippen molar-refractivity contribution in [1.82, 2.24) is 15.6 Å². The number of aliphatic hydroxyl groups is 1. The smallest absolute Gasteiger partial charge is 0.226 e. The number of β-amino-alcohol motifs (C(OH)–C–C–N with tert-alkyl or cyclic N) is 1. The summed E-state index contributed by atoms with van der Waals surface area (Å²) in [6.07, 6.45) is -0.0508. The Hall–Kier alpha value is -0.980. The lowest BCUT2D eigenvalue weighted by atomic mass is 9.98. The Morgan fingerprint density at radius 3 is 2.85 bits per heavy atom. The van der Waals surface area contributed by atoms with Crippen molar-refractivity contribution >= 4 is 17.2 Å². The first kappa shape index (κ1) is 15.4. The van der Waals surface area contributed by atoms with Crippen LogP contribution >= 0.6 is 11.3 Å². The Morgan fingerprint density at radius 1 is 1.55 bits per heavy atom. The van der Waals surface area contributed by atoms with E-state index in [0.29, 0.717) is 19.5 Å². The van der Waals surface area contributed by atoms with Gasteiger partial charge in [-0.2, -0.15) is 0 Å². The molecule has 0 aliphatic carbocycles. The number of nitrogens with one attached hydrogen (secondary N) is 2. The van der Waals surface area contributed by atoms with Crippen LogP contribution in [0.3, 0.4) is 0 Å². The van der Waals surface area contributed by atoms with Crippen LogP contribution in [-0.2, 0) is 16.6 Å². The Labute approximate surface area is 123 Å². The number of nitrogens with zero attached hydrogens (tertiary/aromatic N) is 1. The lowest BCUT2D eigenvalue weighted by Crippen LogP contribution is -2.35. The molecule has 1 fully saturated rings. The van der Waals surface area contributed by atoms with E-state index in [0.717, 1.165) is 17.2 Å². The van der Waals surface area contributed by atoms with Gasteiger partial charge in [0.15, 0.2) is 0 Å². The van der Waals surface area contributed by atoms with Crippen LogP contribution in [0.5, 0.6) is 0 Å². The van der Waals surface area contributed by atoms with Crippen LogP contribution in [0.15, 0.2) is 5.38 Å². The summed E-state index contributed by atoms with van der Waals surface area (Å²) in [5, 5.41) is 18.6. The zero-order valence-electron chi connectivity index (χ0n) is 12.3. The van der Waals surface area contributed by atoms with Gasteiger partial charge in [-0.05, 0) is 0 Å². The summed E-state index contributed by atoms with van der Waals surface area (Å²) >= 11 is 1.60. The predicted molar refractivity (Wildman–Crippen MR) is 79.9 cm³/mol. The fourth-order valence-electron chi connectivity index (χ4n) is 2.13. The highest BCUT2D eigenvalue weighted by atomic mass is 32.1. The van der Waals surface area contributed by atoms with E-state index < -0.39 is 0 Å². The molecule has 2 heterocycles. The molecule has 1 aromatic heterocycles. The summed E-state index contributed by atoms with van der Waals surface area (Å²) in [5.41, 5.74) is 0.849. The maximum atomic E-state index is 11.9. The SMILES string of the molecule is CC(C)(C)c1nc(CC(=O)NCC2CNCC2O)cs1. The van der Waals surface area contributed by atoms with Gasteiger partial charge in [-0.15, -0.1) is 11.3 Å². The molecule has 5 nitrogen and oxygen atoms in total. The number of aromatic nitrogens is 1. The van der Waals surface area contributed by atoms with Crippen LogP contribution in [0.4, 0.5) is 0 Å². The highest BCUT2D eigenvalue weighted by Crippen LogP contribution is 2.25. The average molecular weight is 297 g/mol. The topological polar surface area (TPSA) is 74.2 Å². The molecule has 1 aliphatic heterocycles. The molecule has 0 radical (unpaired) electrons. The van der Waals surface area contributed by atoms with Crippen LogP contribution in [0, 0.1) is 5.92 Å². The van der Waals surface area contributed by atoms with Gasteiger partial charge < -0.3 is 15.7 Å². The summed E-state index contributed by atoms with van der Waals surface area (Å²) in [5.74, 6) is 0.0781. The van der Waals surface area contributed by atoms with Crippen molar-refractivity contribution in [3.63, 3.8) is 0 Å². The quantitative estimate of drug-likeness (QED) is 0.764. The first-order valence-electron chi connectivity index (χ1n) is 6.96. The van der Waals surface area contributed by atoms with Gasteiger partial charge in [-0.1, -0.05) is 20.8 Å². The number of rotatable bonds is 4. The minimum Gasteiger partial charge on any atom is -0.391 e. The number of hydrogen-bond donors (Lipinski definition) is 3. The second-order valence-corrected chi connectivity index (χ2v) is 7.22. The third-order valence-corrected chi connectivity index (χ3v) is 4.72. The second-order valence-electron chi connectivity index (χ2n) is 6.36.